The largest absolute Gasteiger partial charge is 0.291 e. The monoisotopic (exact) mass is 597 g/mol. The van der Waals surface area contributed by atoms with Crippen molar-refractivity contribution in [3.05, 3.63) is 151 Å². The molecule has 0 saturated carbocycles. The van der Waals surface area contributed by atoms with E-state index in [1.165, 1.54) is 6.07 Å². The Hall–Kier alpha value is -5.65. The van der Waals surface area contributed by atoms with E-state index in [0.717, 1.165) is 70.7 Å². The number of thiophene rings is 1. The van der Waals surface area contributed by atoms with E-state index in [1.54, 1.807) is 17.4 Å². The molecule has 6 aromatic carbocycles. The minimum Gasteiger partial charge on any atom is -0.291 e. The van der Waals surface area contributed by atoms with Crippen LogP contribution in [0.15, 0.2) is 146 Å². The van der Waals surface area contributed by atoms with Crippen molar-refractivity contribution in [1.82, 2.24) is 14.5 Å². The van der Waals surface area contributed by atoms with Gasteiger partial charge in [0.1, 0.15) is 16.5 Å². The first kappa shape index (κ1) is 25.8. The lowest BCUT2D eigenvalue weighted by molar-refractivity contribution is 0.640. The molecule has 0 fully saturated rings. The fourth-order valence-electron chi connectivity index (χ4n) is 6.46. The molecule has 0 bridgehead atoms. The van der Waals surface area contributed by atoms with Crippen LogP contribution in [-0.4, -0.2) is 14.5 Å². The predicted octanol–water partition coefficient (Wildman–Crippen LogP) is 11.1. The molecule has 0 unspecified atom stereocenters. The van der Waals surface area contributed by atoms with E-state index in [1.807, 2.05) is 30.3 Å². The summed E-state index contributed by atoms with van der Waals surface area (Å²) < 4.78 is 18.2. The van der Waals surface area contributed by atoms with Gasteiger partial charge in [-0.15, -0.1) is 11.3 Å². The maximum absolute atomic E-state index is 14.8. The van der Waals surface area contributed by atoms with Gasteiger partial charge in [-0.3, -0.25) is 4.57 Å². The van der Waals surface area contributed by atoms with Gasteiger partial charge < -0.3 is 0 Å². The summed E-state index contributed by atoms with van der Waals surface area (Å²) in [6.45, 7) is 0. The lowest BCUT2D eigenvalue weighted by Gasteiger charge is -2.20. The molecular weight excluding hydrogens is 574 g/mol. The standard InChI is InChI=1S/C40H24FN3S/c41-33-20-11-22-34-32(33)24-31-29-18-10-19-30(38(29)45-40(31)43-34)39-42-35-21-7-8-23-36(35)44(39)37-27(25-12-3-1-4-13-25)16-9-17-28(37)26-14-5-2-6-15-26/h1-24H. The summed E-state index contributed by atoms with van der Waals surface area (Å²) in [5.74, 6) is 0.592. The van der Waals surface area contributed by atoms with E-state index < -0.39 is 0 Å². The minimum atomic E-state index is -0.259. The first-order valence-electron chi connectivity index (χ1n) is 14.9. The third-order valence-corrected chi connectivity index (χ3v) is 9.65. The summed E-state index contributed by atoms with van der Waals surface area (Å²) in [4.78, 5) is 11.1. The van der Waals surface area contributed by atoms with Gasteiger partial charge in [-0.2, -0.15) is 0 Å². The Morgan fingerprint density at radius 2 is 1.13 bits per heavy atom. The van der Waals surface area contributed by atoms with Crippen LogP contribution in [0.4, 0.5) is 4.39 Å². The number of nitrogens with zero attached hydrogens (tertiary/aromatic N) is 3. The Morgan fingerprint density at radius 3 is 1.89 bits per heavy atom. The lowest BCUT2D eigenvalue weighted by atomic mass is 9.95. The first-order valence-corrected chi connectivity index (χ1v) is 15.7. The number of imidazole rings is 1. The summed E-state index contributed by atoms with van der Waals surface area (Å²) in [6, 6.07) is 49.3. The van der Waals surface area contributed by atoms with E-state index >= 15 is 0 Å². The summed E-state index contributed by atoms with van der Waals surface area (Å²) >= 11 is 1.63. The molecule has 0 spiro atoms. The van der Waals surface area contributed by atoms with Crippen molar-refractivity contribution < 1.29 is 4.39 Å². The quantitative estimate of drug-likeness (QED) is 0.202. The normalized spacial score (nSPS) is 11.7. The smallest absolute Gasteiger partial charge is 0.147 e. The Balaban J connectivity index is 1.40. The average molecular weight is 598 g/mol. The molecule has 9 aromatic rings. The Bertz CT molecular complexity index is 2490. The lowest BCUT2D eigenvalue weighted by Crippen LogP contribution is -2.03. The Morgan fingerprint density at radius 1 is 0.511 bits per heavy atom. The molecule has 0 aliphatic rings. The van der Waals surface area contributed by atoms with E-state index in [4.69, 9.17) is 9.97 Å². The van der Waals surface area contributed by atoms with Crippen LogP contribution in [0, 0.1) is 5.82 Å². The molecule has 3 nitrogen and oxygen atoms in total. The summed E-state index contributed by atoms with van der Waals surface area (Å²) in [7, 11) is 0. The van der Waals surface area contributed by atoms with Crippen molar-refractivity contribution in [2.24, 2.45) is 0 Å². The molecule has 0 aliphatic heterocycles. The minimum absolute atomic E-state index is 0.259. The molecule has 212 valence electrons. The molecule has 0 aliphatic carbocycles. The third-order valence-electron chi connectivity index (χ3n) is 8.51. The van der Waals surface area contributed by atoms with Gasteiger partial charge in [-0.05, 0) is 47.5 Å². The molecular formula is C40H24FN3S. The molecule has 0 atom stereocenters. The van der Waals surface area contributed by atoms with Crippen molar-refractivity contribution in [2.75, 3.05) is 0 Å². The number of hydrogen-bond donors (Lipinski definition) is 0. The van der Waals surface area contributed by atoms with E-state index in [-0.39, 0.29) is 5.82 Å². The maximum Gasteiger partial charge on any atom is 0.147 e. The van der Waals surface area contributed by atoms with Crippen molar-refractivity contribution in [3.8, 4) is 39.3 Å². The van der Waals surface area contributed by atoms with Crippen LogP contribution < -0.4 is 0 Å². The van der Waals surface area contributed by atoms with Gasteiger partial charge in [0.2, 0.25) is 0 Å². The second-order valence-corrected chi connectivity index (χ2v) is 12.1. The molecule has 0 N–H and O–H groups in total. The van der Waals surface area contributed by atoms with Crippen LogP contribution >= 0.6 is 11.3 Å². The summed E-state index contributed by atoms with van der Waals surface area (Å²) in [6.07, 6.45) is 0. The second kappa shape index (κ2) is 10.2. The fourth-order valence-corrected chi connectivity index (χ4v) is 7.64. The van der Waals surface area contributed by atoms with E-state index in [0.29, 0.717) is 10.9 Å². The van der Waals surface area contributed by atoms with Crippen LogP contribution in [0.3, 0.4) is 0 Å². The number of benzene rings is 6. The highest BCUT2D eigenvalue weighted by molar-refractivity contribution is 7.26. The molecule has 0 amide bonds. The SMILES string of the molecule is Fc1cccc2nc3sc4c(-c5nc6ccccc6n5-c5c(-c6ccccc6)cccc5-c5ccccc5)cccc4c3cc12. The Kier molecular flexibility index (Phi) is 5.86. The number of hydrogen-bond acceptors (Lipinski definition) is 3. The highest BCUT2D eigenvalue weighted by Gasteiger charge is 2.23. The molecule has 3 aromatic heterocycles. The zero-order valence-electron chi connectivity index (χ0n) is 24.0. The number of halogens is 1. The zero-order chi connectivity index (χ0) is 29.9. The maximum atomic E-state index is 14.8. The molecule has 0 radical (unpaired) electrons. The van der Waals surface area contributed by atoms with Gasteiger partial charge >= 0.3 is 0 Å². The van der Waals surface area contributed by atoms with Crippen LogP contribution in [0.5, 0.6) is 0 Å². The number of pyridine rings is 1. The van der Waals surface area contributed by atoms with Gasteiger partial charge in [-0.1, -0.05) is 109 Å². The number of aromatic nitrogens is 3. The van der Waals surface area contributed by atoms with Crippen LogP contribution in [-0.2, 0) is 0 Å². The number of para-hydroxylation sites is 3. The molecule has 5 heteroatoms. The fraction of sp³-hybridized carbons (Fsp3) is 0. The van der Waals surface area contributed by atoms with E-state index in [9.17, 15) is 4.39 Å². The third kappa shape index (κ3) is 4.09. The molecule has 45 heavy (non-hydrogen) atoms. The Labute approximate surface area is 262 Å². The van der Waals surface area contributed by atoms with Crippen molar-refractivity contribution in [2.45, 2.75) is 0 Å². The van der Waals surface area contributed by atoms with Crippen LogP contribution in [0.25, 0.3) is 81.6 Å². The van der Waals surface area contributed by atoms with Crippen molar-refractivity contribution in [1.29, 1.82) is 0 Å². The molecule has 9 rings (SSSR count). The van der Waals surface area contributed by atoms with E-state index in [2.05, 4.69) is 108 Å². The second-order valence-electron chi connectivity index (χ2n) is 11.1. The topological polar surface area (TPSA) is 30.7 Å². The molecule has 0 saturated heterocycles. The average Bonchev–Trinajstić information content (AvgIpc) is 3.66. The van der Waals surface area contributed by atoms with Crippen molar-refractivity contribution in [3.63, 3.8) is 0 Å². The molecule has 3 heterocycles. The highest BCUT2D eigenvalue weighted by atomic mass is 32.1. The van der Waals surface area contributed by atoms with Crippen LogP contribution in [0.2, 0.25) is 0 Å². The summed E-state index contributed by atoms with van der Waals surface area (Å²) in [5.41, 5.74) is 9.18. The first-order chi connectivity index (χ1) is 22.2. The van der Waals surface area contributed by atoms with Crippen LogP contribution in [0.1, 0.15) is 0 Å². The number of fused-ring (bicyclic) bond motifs is 5. The van der Waals surface area contributed by atoms with Gasteiger partial charge in [0.25, 0.3) is 0 Å². The zero-order valence-corrected chi connectivity index (χ0v) is 24.8. The van der Waals surface area contributed by atoms with Crippen molar-refractivity contribution >= 4 is 53.6 Å². The highest BCUT2D eigenvalue weighted by Crippen LogP contribution is 2.44. The van der Waals surface area contributed by atoms with Gasteiger partial charge in [0, 0.05) is 37.5 Å². The predicted molar refractivity (Wildman–Crippen MR) is 186 cm³/mol. The summed E-state index contributed by atoms with van der Waals surface area (Å²) in [5, 5.41) is 2.53. The number of rotatable bonds is 4. The van der Waals surface area contributed by atoms with Gasteiger partial charge in [0.15, 0.2) is 0 Å². The van der Waals surface area contributed by atoms with Gasteiger partial charge in [0.05, 0.1) is 22.2 Å². The van der Waals surface area contributed by atoms with Gasteiger partial charge in [-0.25, -0.2) is 14.4 Å².